The third-order valence-corrected chi connectivity index (χ3v) is 3.44. The molecule has 3 N–H and O–H groups in total. The largest absolute Gasteiger partial charge is 0.322 e. The van der Waals surface area contributed by atoms with Crippen LogP contribution in [0, 0.1) is 0 Å². The van der Waals surface area contributed by atoms with E-state index >= 15 is 0 Å². The second kappa shape index (κ2) is 4.32. The predicted molar refractivity (Wildman–Crippen MR) is 69.4 cm³/mol. The highest BCUT2D eigenvalue weighted by atomic mass is 15.0. The van der Waals surface area contributed by atoms with Gasteiger partial charge in [-0.05, 0) is 16.7 Å². The van der Waals surface area contributed by atoms with Crippen LogP contribution in [0.25, 0.3) is 0 Å². The van der Waals surface area contributed by atoms with E-state index in [1.165, 1.54) is 16.7 Å². The lowest BCUT2D eigenvalue weighted by Crippen LogP contribution is -2.36. The Hall–Kier alpha value is -1.64. The summed E-state index contributed by atoms with van der Waals surface area (Å²) in [5.41, 5.74) is 10.2. The number of benzene rings is 2. The Morgan fingerprint density at radius 2 is 1.65 bits per heavy atom. The minimum Gasteiger partial charge on any atom is -0.322 e. The summed E-state index contributed by atoms with van der Waals surface area (Å²) >= 11 is 0. The molecule has 2 heteroatoms. The number of rotatable bonds is 1. The molecule has 2 aromatic carbocycles. The van der Waals surface area contributed by atoms with Crippen LogP contribution in [0.2, 0.25) is 0 Å². The fourth-order valence-electron chi connectivity index (χ4n) is 2.53. The summed E-state index contributed by atoms with van der Waals surface area (Å²) in [6.45, 7) is 0.892. The minimum absolute atomic E-state index is 0.0300. The van der Waals surface area contributed by atoms with Crippen molar-refractivity contribution in [2.45, 2.75) is 18.6 Å². The van der Waals surface area contributed by atoms with Gasteiger partial charge >= 0.3 is 0 Å². The van der Waals surface area contributed by atoms with Crippen LogP contribution in [0.5, 0.6) is 0 Å². The lowest BCUT2D eigenvalue weighted by Gasteiger charge is -2.32. The second-order valence-electron chi connectivity index (χ2n) is 4.49. The van der Waals surface area contributed by atoms with E-state index in [2.05, 4.69) is 53.8 Å². The van der Waals surface area contributed by atoms with Crippen LogP contribution in [0.15, 0.2) is 54.6 Å². The van der Waals surface area contributed by atoms with Crippen molar-refractivity contribution in [3.63, 3.8) is 0 Å². The fraction of sp³-hybridized carbons (Fsp3) is 0.200. The van der Waals surface area contributed by atoms with Crippen molar-refractivity contribution in [1.82, 2.24) is 5.32 Å². The molecule has 3 rings (SSSR count). The number of hydrogen-bond donors (Lipinski definition) is 2. The van der Waals surface area contributed by atoms with Gasteiger partial charge in [-0.3, -0.25) is 0 Å². The maximum atomic E-state index is 6.36. The first kappa shape index (κ1) is 10.5. The monoisotopic (exact) mass is 224 g/mol. The molecule has 0 saturated carbocycles. The molecule has 1 aliphatic heterocycles. The highest BCUT2D eigenvalue weighted by Gasteiger charge is 2.26. The average Bonchev–Trinajstić information content (AvgIpc) is 2.40. The zero-order chi connectivity index (χ0) is 11.7. The molecule has 0 amide bonds. The van der Waals surface area contributed by atoms with Crippen LogP contribution >= 0.6 is 0 Å². The van der Waals surface area contributed by atoms with Crippen LogP contribution < -0.4 is 11.1 Å². The molecular weight excluding hydrogens is 208 g/mol. The highest BCUT2D eigenvalue weighted by molar-refractivity contribution is 5.36. The summed E-state index contributed by atoms with van der Waals surface area (Å²) in [5, 5.41) is 3.52. The van der Waals surface area contributed by atoms with Gasteiger partial charge in [0.25, 0.3) is 0 Å². The average molecular weight is 224 g/mol. The Morgan fingerprint density at radius 1 is 0.941 bits per heavy atom. The van der Waals surface area contributed by atoms with Gasteiger partial charge in [-0.1, -0.05) is 54.6 Å². The molecule has 2 nitrogen and oxygen atoms in total. The van der Waals surface area contributed by atoms with Crippen molar-refractivity contribution in [2.75, 3.05) is 0 Å². The molecule has 0 aliphatic carbocycles. The standard InChI is InChI=1S/C15H16N2/c16-14-13-9-5-4-8-12(13)10-17-15(14)11-6-2-1-3-7-11/h1-9,14-15,17H,10,16H2/t14-,15+/m0/s1. The summed E-state index contributed by atoms with van der Waals surface area (Å²) in [5.74, 6) is 0. The molecular formula is C15H16N2. The molecule has 2 aromatic rings. The summed E-state index contributed by atoms with van der Waals surface area (Å²) in [6, 6.07) is 19.1. The topological polar surface area (TPSA) is 38.0 Å². The number of hydrogen-bond acceptors (Lipinski definition) is 2. The molecule has 0 saturated heterocycles. The first-order chi connectivity index (χ1) is 8.36. The number of fused-ring (bicyclic) bond motifs is 1. The molecule has 17 heavy (non-hydrogen) atoms. The van der Waals surface area contributed by atoms with E-state index in [4.69, 9.17) is 5.73 Å². The van der Waals surface area contributed by atoms with Crippen molar-refractivity contribution in [2.24, 2.45) is 5.73 Å². The van der Waals surface area contributed by atoms with Crippen LogP contribution in [0.3, 0.4) is 0 Å². The predicted octanol–water partition coefficient (Wildman–Crippen LogP) is 2.53. The van der Waals surface area contributed by atoms with E-state index < -0.39 is 0 Å². The Bertz CT molecular complexity index is 507. The van der Waals surface area contributed by atoms with Gasteiger partial charge < -0.3 is 11.1 Å². The fourth-order valence-corrected chi connectivity index (χ4v) is 2.53. The van der Waals surface area contributed by atoms with Crippen LogP contribution in [-0.2, 0) is 6.54 Å². The van der Waals surface area contributed by atoms with E-state index in [9.17, 15) is 0 Å². The van der Waals surface area contributed by atoms with E-state index in [0.717, 1.165) is 6.54 Å². The Morgan fingerprint density at radius 3 is 2.47 bits per heavy atom. The smallest absolute Gasteiger partial charge is 0.0518 e. The molecule has 1 aliphatic rings. The molecule has 0 bridgehead atoms. The molecule has 0 unspecified atom stereocenters. The van der Waals surface area contributed by atoms with E-state index in [1.54, 1.807) is 0 Å². The van der Waals surface area contributed by atoms with Crippen molar-refractivity contribution >= 4 is 0 Å². The van der Waals surface area contributed by atoms with Gasteiger partial charge in [0.2, 0.25) is 0 Å². The molecule has 86 valence electrons. The van der Waals surface area contributed by atoms with E-state index in [0.29, 0.717) is 0 Å². The van der Waals surface area contributed by atoms with Gasteiger partial charge in [-0.2, -0.15) is 0 Å². The van der Waals surface area contributed by atoms with Gasteiger partial charge in [0.05, 0.1) is 6.04 Å². The van der Waals surface area contributed by atoms with Crippen LogP contribution in [-0.4, -0.2) is 0 Å². The van der Waals surface area contributed by atoms with Gasteiger partial charge in [0, 0.05) is 12.6 Å². The molecule has 0 fully saturated rings. The van der Waals surface area contributed by atoms with Crippen LogP contribution in [0.1, 0.15) is 28.8 Å². The zero-order valence-electron chi connectivity index (χ0n) is 9.64. The zero-order valence-corrected chi connectivity index (χ0v) is 9.64. The first-order valence-corrected chi connectivity index (χ1v) is 5.98. The van der Waals surface area contributed by atoms with Gasteiger partial charge in [-0.25, -0.2) is 0 Å². The molecule has 0 spiro atoms. The van der Waals surface area contributed by atoms with Crippen molar-refractivity contribution in [3.05, 3.63) is 71.3 Å². The highest BCUT2D eigenvalue weighted by Crippen LogP contribution is 2.32. The Balaban J connectivity index is 1.97. The first-order valence-electron chi connectivity index (χ1n) is 5.98. The van der Waals surface area contributed by atoms with E-state index in [-0.39, 0.29) is 12.1 Å². The third kappa shape index (κ3) is 1.86. The van der Waals surface area contributed by atoms with Gasteiger partial charge in [0.1, 0.15) is 0 Å². The van der Waals surface area contributed by atoms with E-state index in [1.807, 2.05) is 6.07 Å². The van der Waals surface area contributed by atoms with Crippen molar-refractivity contribution in [1.29, 1.82) is 0 Å². The maximum absolute atomic E-state index is 6.36. The van der Waals surface area contributed by atoms with Crippen molar-refractivity contribution in [3.8, 4) is 0 Å². The van der Waals surface area contributed by atoms with Crippen molar-refractivity contribution < 1.29 is 0 Å². The van der Waals surface area contributed by atoms with Gasteiger partial charge in [0.15, 0.2) is 0 Å². The lowest BCUT2D eigenvalue weighted by molar-refractivity contribution is 0.421. The normalized spacial score (nSPS) is 23.1. The SMILES string of the molecule is N[C@H]1c2ccccc2CN[C@@H]1c1ccccc1. The second-order valence-corrected chi connectivity index (χ2v) is 4.49. The summed E-state index contributed by atoms with van der Waals surface area (Å²) < 4.78 is 0. The minimum atomic E-state index is 0.0300. The number of nitrogens with two attached hydrogens (primary N) is 1. The molecule has 0 radical (unpaired) electrons. The number of nitrogens with one attached hydrogen (secondary N) is 1. The molecule has 2 atom stereocenters. The molecule has 0 aromatic heterocycles. The Labute approximate surface area is 101 Å². The summed E-state index contributed by atoms with van der Waals surface area (Å²) in [7, 11) is 0. The quantitative estimate of drug-likeness (QED) is 0.781. The lowest BCUT2D eigenvalue weighted by atomic mass is 9.88. The Kier molecular flexibility index (Phi) is 2.67. The summed E-state index contributed by atoms with van der Waals surface area (Å²) in [6.07, 6.45) is 0. The summed E-state index contributed by atoms with van der Waals surface area (Å²) in [4.78, 5) is 0. The molecule has 1 heterocycles. The van der Waals surface area contributed by atoms with Gasteiger partial charge in [-0.15, -0.1) is 0 Å². The van der Waals surface area contributed by atoms with Crippen LogP contribution in [0.4, 0.5) is 0 Å². The third-order valence-electron chi connectivity index (χ3n) is 3.44. The maximum Gasteiger partial charge on any atom is 0.0518 e.